The summed E-state index contributed by atoms with van der Waals surface area (Å²) in [4.78, 5) is 22.8. The van der Waals surface area contributed by atoms with Gasteiger partial charge in [0.25, 0.3) is 11.6 Å². The molecule has 0 saturated carbocycles. The van der Waals surface area contributed by atoms with Crippen LogP contribution >= 0.6 is 27.3 Å². The predicted octanol–water partition coefficient (Wildman–Crippen LogP) is 4.44. The number of hydrogen-bond acceptors (Lipinski definition) is 6. The molecule has 1 amide bonds. The topological polar surface area (TPSA) is 98.0 Å². The van der Waals surface area contributed by atoms with Crippen molar-refractivity contribution < 1.29 is 9.72 Å². The quantitative estimate of drug-likeness (QED) is 0.498. The molecule has 0 radical (unpaired) electrons. The minimum absolute atomic E-state index is 0.0968. The molecule has 0 spiro atoms. The van der Waals surface area contributed by atoms with Gasteiger partial charge in [0.15, 0.2) is 0 Å². The van der Waals surface area contributed by atoms with Crippen molar-refractivity contribution in [3.05, 3.63) is 68.2 Å². The van der Waals surface area contributed by atoms with E-state index in [9.17, 15) is 14.9 Å². The normalized spacial score (nSPS) is 10.5. The second kappa shape index (κ2) is 7.08. The van der Waals surface area contributed by atoms with Crippen LogP contribution in [-0.4, -0.2) is 21.0 Å². The molecule has 3 aromatic rings. The van der Waals surface area contributed by atoms with Gasteiger partial charge in [-0.3, -0.25) is 20.2 Å². The fourth-order valence-corrected chi connectivity index (χ4v) is 3.11. The minimum atomic E-state index is -0.511. The number of halogens is 1. The third kappa shape index (κ3) is 3.89. The van der Waals surface area contributed by atoms with Crippen molar-refractivity contribution >= 4 is 44.0 Å². The lowest BCUT2D eigenvalue weighted by atomic mass is 10.1. The first-order valence-corrected chi connectivity index (χ1v) is 8.71. The number of amides is 1. The molecule has 25 heavy (non-hydrogen) atoms. The zero-order chi connectivity index (χ0) is 18.0. The Labute approximate surface area is 155 Å². The van der Waals surface area contributed by atoms with E-state index in [4.69, 9.17) is 0 Å². The summed E-state index contributed by atoms with van der Waals surface area (Å²) in [6.45, 7) is 1.62. The van der Waals surface area contributed by atoms with E-state index in [0.29, 0.717) is 15.7 Å². The summed E-state index contributed by atoms with van der Waals surface area (Å²) >= 11 is 4.59. The van der Waals surface area contributed by atoms with Crippen LogP contribution in [0.2, 0.25) is 0 Å². The molecule has 2 aromatic carbocycles. The number of carbonyl (C=O) groups is 1. The summed E-state index contributed by atoms with van der Waals surface area (Å²) in [5.41, 5.74) is 1.47. The first-order valence-electron chi connectivity index (χ1n) is 7.10. The first kappa shape index (κ1) is 17.2. The Morgan fingerprint density at radius 3 is 2.60 bits per heavy atom. The van der Waals surface area contributed by atoms with Gasteiger partial charge in [-0.05, 0) is 25.1 Å². The van der Waals surface area contributed by atoms with E-state index in [-0.39, 0.29) is 11.3 Å². The number of hydrogen-bond donors (Lipinski definition) is 1. The van der Waals surface area contributed by atoms with Gasteiger partial charge < -0.3 is 0 Å². The van der Waals surface area contributed by atoms with Crippen molar-refractivity contribution in [2.75, 3.05) is 5.32 Å². The minimum Gasteiger partial charge on any atom is -0.296 e. The second-order valence-electron chi connectivity index (χ2n) is 5.13. The van der Waals surface area contributed by atoms with Gasteiger partial charge >= 0.3 is 0 Å². The molecule has 7 nitrogen and oxygen atoms in total. The SMILES string of the molecule is Cc1ccc(C(=O)Nc2nnc(-c3ccc(Br)cc3)s2)cc1[N+](=O)[O-]. The Morgan fingerprint density at radius 2 is 1.92 bits per heavy atom. The van der Waals surface area contributed by atoms with Crippen molar-refractivity contribution in [2.24, 2.45) is 0 Å². The number of nitrogens with zero attached hydrogens (tertiary/aromatic N) is 3. The van der Waals surface area contributed by atoms with Crippen molar-refractivity contribution in [1.29, 1.82) is 0 Å². The van der Waals surface area contributed by atoms with Crippen molar-refractivity contribution in [2.45, 2.75) is 6.92 Å². The molecule has 9 heteroatoms. The molecule has 1 heterocycles. The zero-order valence-corrected chi connectivity index (χ0v) is 15.3. The average molecular weight is 419 g/mol. The van der Waals surface area contributed by atoms with Gasteiger partial charge in [0.2, 0.25) is 5.13 Å². The Morgan fingerprint density at radius 1 is 1.20 bits per heavy atom. The van der Waals surface area contributed by atoms with Gasteiger partial charge in [0.05, 0.1) is 4.92 Å². The largest absolute Gasteiger partial charge is 0.296 e. The maximum absolute atomic E-state index is 12.3. The van der Waals surface area contributed by atoms with Crippen LogP contribution in [0.4, 0.5) is 10.8 Å². The lowest BCUT2D eigenvalue weighted by Gasteiger charge is -2.02. The molecule has 1 N–H and O–H groups in total. The van der Waals surface area contributed by atoms with Crippen LogP contribution in [0, 0.1) is 17.0 Å². The van der Waals surface area contributed by atoms with Gasteiger partial charge in [0.1, 0.15) is 5.01 Å². The van der Waals surface area contributed by atoms with Gasteiger partial charge in [-0.25, -0.2) is 0 Å². The molecule has 0 atom stereocenters. The Hall–Kier alpha value is -2.65. The van der Waals surface area contributed by atoms with Gasteiger partial charge in [-0.1, -0.05) is 45.5 Å². The average Bonchev–Trinajstić information content (AvgIpc) is 3.04. The van der Waals surface area contributed by atoms with E-state index in [0.717, 1.165) is 10.0 Å². The molecule has 0 saturated heterocycles. The standard InChI is InChI=1S/C16H11BrN4O3S/c1-9-2-3-11(8-13(9)21(23)24)14(22)18-16-20-19-15(25-16)10-4-6-12(17)7-5-10/h2-8H,1H3,(H,18,20,22). The number of aromatic nitrogens is 2. The third-order valence-corrected chi connectivity index (χ3v) is 4.82. The number of anilines is 1. The Bertz CT molecular complexity index is 956. The van der Waals surface area contributed by atoms with E-state index < -0.39 is 10.8 Å². The van der Waals surface area contributed by atoms with Crippen molar-refractivity contribution in [3.63, 3.8) is 0 Å². The molecular formula is C16H11BrN4O3S. The number of nitro groups is 1. The number of nitrogens with one attached hydrogen (secondary N) is 1. The lowest BCUT2D eigenvalue weighted by molar-refractivity contribution is -0.385. The molecule has 126 valence electrons. The molecular weight excluding hydrogens is 408 g/mol. The van der Waals surface area contributed by atoms with E-state index in [2.05, 4.69) is 31.4 Å². The maximum atomic E-state index is 12.3. The number of aryl methyl sites for hydroxylation is 1. The number of carbonyl (C=O) groups excluding carboxylic acids is 1. The summed E-state index contributed by atoms with van der Waals surface area (Å²) in [6.07, 6.45) is 0. The molecule has 0 unspecified atom stereocenters. The van der Waals surface area contributed by atoms with E-state index in [1.54, 1.807) is 13.0 Å². The highest BCUT2D eigenvalue weighted by Gasteiger charge is 2.16. The van der Waals surface area contributed by atoms with Crippen LogP contribution in [0.1, 0.15) is 15.9 Å². The summed E-state index contributed by atoms with van der Waals surface area (Å²) in [5.74, 6) is -0.471. The van der Waals surface area contributed by atoms with Crippen LogP contribution in [0.25, 0.3) is 10.6 Å². The van der Waals surface area contributed by atoms with Crippen LogP contribution in [0.5, 0.6) is 0 Å². The zero-order valence-electron chi connectivity index (χ0n) is 12.9. The smallest absolute Gasteiger partial charge is 0.273 e. The highest BCUT2D eigenvalue weighted by molar-refractivity contribution is 9.10. The Kier molecular flexibility index (Phi) is 4.86. The molecule has 0 aliphatic carbocycles. The molecule has 3 rings (SSSR count). The summed E-state index contributed by atoms with van der Waals surface area (Å²) in [7, 11) is 0. The van der Waals surface area contributed by atoms with E-state index in [1.165, 1.54) is 23.5 Å². The van der Waals surface area contributed by atoms with Crippen LogP contribution in [0.3, 0.4) is 0 Å². The third-order valence-electron chi connectivity index (χ3n) is 3.40. The highest BCUT2D eigenvalue weighted by atomic mass is 79.9. The van der Waals surface area contributed by atoms with E-state index >= 15 is 0 Å². The summed E-state index contributed by atoms with van der Waals surface area (Å²) in [5, 5.41) is 22.6. The van der Waals surface area contributed by atoms with Crippen molar-refractivity contribution in [3.8, 4) is 10.6 Å². The molecule has 0 fully saturated rings. The number of rotatable bonds is 4. The van der Waals surface area contributed by atoms with Crippen LogP contribution < -0.4 is 5.32 Å². The molecule has 0 aliphatic rings. The maximum Gasteiger partial charge on any atom is 0.273 e. The molecule has 0 aliphatic heterocycles. The van der Waals surface area contributed by atoms with Crippen molar-refractivity contribution in [1.82, 2.24) is 10.2 Å². The van der Waals surface area contributed by atoms with Gasteiger partial charge in [0, 0.05) is 27.2 Å². The summed E-state index contributed by atoms with van der Waals surface area (Å²) in [6, 6.07) is 11.9. The van der Waals surface area contributed by atoms with Gasteiger partial charge in [-0.15, -0.1) is 10.2 Å². The Balaban J connectivity index is 1.79. The second-order valence-corrected chi connectivity index (χ2v) is 7.02. The van der Waals surface area contributed by atoms with Crippen LogP contribution in [-0.2, 0) is 0 Å². The van der Waals surface area contributed by atoms with Crippen LogP contribution in [0.15, 0.2) is 46.9 Å². The first-order chi connectivity index (χ1) is 11.9. The monoisotopic (exact) mass is 418 g/mol. The fraction of sp³-hybridized carbons (Fsp3) is 0.0625. The number of benzene rings is 2. The fourth-order valence-electron chi connectivity index (χ4n) is 2.10. The lowest BCUT2D eigenvalue weighted by Crippen LogP contribution is -2.12. The van der Waals surface area contributed by atoms with E-state index in [1.807, 2.05) is 24.3 Å². The molecule has 0 bridgehead atoms. The highest BCUT2D eigenvalue weighted by Crippen LogP contribution is 2.28. The molecule has 1 aromatic heterocycles. The predicted molar refractivity (Wildman–Crippen MR) is 98.8 cm³/mol. The van der Waals surface area contributed by atoms with Gasteiger partial charge in [-0.2, -0.15) is 0 Å². The summed E-state index contributed by atoms with van der Waals surface area (Å²) < 4.78 is 0.954. The number of nitro benzene ring substituents is 1.